The normalized spacial score (nSPS) is 12.7. The fraction of sp³-hybridized carbons (Fsp3) is 0.333. The number of methoxy groups -OCH3 is 1. The van der Waals surface area contributed by atoms with E-state index in [0.29, 0.717) is 22.8 Å². The van der Waals surface area contributed by atoms with Crippen LogP contribution >= 0.6 is 23.2 Å². The number of benzene rings is 3. The van der Waals surface area contributed by atoms with Crippen LogP contribution in [0.1, 0.15) is 39.2 Å². The number of halogens is 3. The summed E-state index contributed by atoms with van der Waals surface area (Å²) in [4.78, 5) is 28.6. The van der Waals surface area contributed by atoms with E-state index >= 15 is 0 Å². The Balaban J connectivity index is 2.07. The minimum Gasteiger partial charge on any atom is -0.497 e. The SMILES string of the molecule is CC[C@@H](C)NC(=O)[C@@H](CC)N(Cc1ccc(Cl)c(Cl)c1)C(=O)CN(c1ccc(F)cc1)S(=O)(=O)c1ccc(OC)cc1. The summed E-state index contributed by atoms with van der Waals surface area (Å²) in [5.74, 6) is -1.13. The van der Waals surface area contributed by atoms with E-state index in [1.165, 1.54) is 48.4 Å². The predicted octanol–water partition coefficient (Wildman–Crippen LogP) is 6.06. The van der Waals surface area contributed by atoms with Crippen molar-refractivity contribution in [1.29, 1.82) is 0 Å². The summed E-state index contributed by atoms with van der Waals surface area (Å²) in [5, 5.41) is 3.51. The molecule has 0 saturated carbocycles. The monoisotopic (exact) mass is 637 g/mol. The molecular weight excluding hydrogens is 604 g/mol. The van der Waals surface area contributed by atoms with Crippen LogP contribution in [0.3, 0.4) is 0 Å². The standard InChI is InChI=1S/C30H34Cl2FN3O5S/c1-5-20(3)34-30(38)28(6-2)35(18-21-7-16-26(31)27(32)17-21)29(37)19-36(23-10-8-22(33)9-11-23)42(39,40)25-14-12-24(41-4)13-15-25/h7-17,20,28H,5-6,18-19H2,1-4H3,(H,34,38)/t20-,28-/m1/s1. The Kier molecular flexibility index (Phi) is 11.6. The van der Waals surface area contributed by atoms with Crippen LogP contribution in [0.25, 0.3) is 0 Å². The lowest BCUT2D eigenvalue weighted by atomic mass is 10.1. The van der Waals surface area contributed by atoms with Crippen molar-refractivity contribution in [3.05, 3.63) is 88.2 Å². The Morgan fingerprint density at radius 3 is 2.14 bits per heavy atom. The van der Waals surface area contributed by atoms with Crippen molar-refractivity contribution in [3.8, 4) is 5.75 Å². The lowest BCUT2D eigenvalue weighted by Crippen LogP contribution is -2.53. The summed E-state index contributed by atoms with van der Waals surface area (Å²) in [6.45, 7) is 4.85. The van der Waals surface area contributed by atoms with Crippen LogP contribution in [0.5, 0.6) is 5.75 Å². The van der Waals surface area contributed by atoms with Gasteiger partial charge in [-0.25, -0.2) is 12.8 Å². The highest BCUT2D eigenvalue weighted by molar-refractivity contribution is 7.92. The minimum absolute atomic E-state index is 0.0397. The molecule has 8 nitrogen and oxygen atoms in total. The number of nitrogens with one attached hydrogen (secondary N) is 1. The first-order chi connectivity index (χ1) is 19.9. The summed E-state index contributed by atoms with van der Waals surface area (Å²) >= 11 is 12.3. The molecule has 0 aliphatic rings. The predicted molar refractivity (Wildman–Crippen MR) is 163 cm³/mol. The number of rotatable bonds is 13. The summed E-state index contributed by atoms with van der Waals surface area (Å²) in [6, 6.07) is 14.3. The van der Waals surface area contributed by atoms with Crippen LogP contribution < -0.4 is 14.4 Å². The van der Waals surface area contributed by atoms with Crippen LogP contribution in [-0.4, -0.2) is 50.9 Å². The topological polar surface area (TPSA) is 96.0 Å². The van der Waals surface area contributed by atoms with Crippen LogP contribution in [0.15, 0.2) is 71.6 Å². The van der Waals surface area contributed by atoms with E-state index in [9.17, 15) is 22.4 Å². The summed E-state index contributed by atoms with van der Waals surface area (Å²) in [6.07, 6.45) is 0.943. The van der Waals surface area contributed by atoms with Crippen LogP contribution in [-0.2, 0) is 26.2 Å². The van der Waals surface area contributed by atoms with Crippen LogP contribution in [0.2, 0.25) is 10.0 Å². The second-order valence-electron chi connectivity index (χ2n) is 9.68. The Morgan fingerprint density at radius 2 is 1.60 bits per heavy atom. The average Bonchev–Trinajstić information content (AvgIpc) is 2.97. The first kappa shape index (κ1) is 33.2. The van der Waals surface area contributed by atoms with E-state index < -0.39 is 34.3 Å². The second kappa shape index (κ2) is 14.7. The third-order valence-electron chi connectivity index (χ3n) is 6.76. The highest BCUT2D eigenvalue weighted by Crippen LogP contribution is 2.27. The van der Waals surface area contributed by atoms with Gasteiger partial charge in [-0.3, -0.25) is 13.9 Å². The van der Waals surface area contributed by atoms with Crippen molar-refractivity contribution in [2.45, 2.75) is 57.1 Å². The van der Waals surface area contributed by atoms with E-state index in [2.05, 4.69) is 5.32 Å². The largest absolute Gasteiger partial charge is 0.497 e. The number of amides is 2. The van der Waals surface area contributed by atoms with Crippen molar-refractivity contribution >= 4 is 50.7 Å². The molecule has 12 heteroatoms. The van der Waals surface area contributed by atoms with Crippen LogP contribution in [0.4, 0.5) is 10.1 Å². The number of sulfonamides is 1. The highest BCUT2D eigenvalue weighted by atomic mass is 35.5. The van der Waals surface area contributed by atoms with E-state index in [4.69, 9.17) is 27.9 Å². The number of ether oxygens (including phenoxy) is 1. The third-order valence-corrected chi connectivity index (χ3v) is 9.29. The van der Waals surface area contributed by atoms with Crippen molar-refractivity contribution in [2.75, 3.05) is 18.0 Å². The molecular formula is C30H34Cl2FN3O5S. The van der Waals surface area contributed by atoms with Crippen molar-refractivity contribution < 1.29 is 27.1 Å². The van der Waals surface area contributed by atoms with Gasteiger partial charge in [0.15, 0.2) is 0 Å². The van der Waals surface area contributed by atoms with Crippen molar-refractivity contribution in [1.82, 2.24) is 10.2 Å². The molecule has 0 aromatic heterocycles. The van der Waals surface area contributed by atoms with Gasteiger partial charge in [-0.15, -0.1) is 0 Å². The number of hydrogen-bond acceptors (Lipinski definition) is 5. The quantitative estimate of drug-likeness (QED) is 0.246. The van der Waals surface area contributed by atoms with Gasteiger partial charge in [-0.1, -0.05) is 43.1 Å². The zero-order chi connectivity index (χ0) is 31.0. The molecule has 2 amide bonds. The Labute approximate surface area is 256 Å². The molecule has 3 aromatic carbocycles. The number of carbonyl (C=O) groups excluding carboxylic acids is 2. The maximum Gasteiger partial charge on any atom is 0.264 e. The first-order valence-electron chi connectivity index (χ1n) is 13.4. The maximum atomic E-state index is 14.1. The third kappa shape index (κ3) is 8.14. The molecule has 1 N–H and O–H groups in total. The average molecular weight is 639 g/mol. The van der Waals surface area contributed by atoms with Crippen molar-refractivity contribution in [3.63, 3.8) is 0 Å². The Bertz CT molecular complexity index is 1490. The molecule has 0 aliphatic carbocycles. The smallest absolute Gasteiger partial charge is 0.264 e. The minimum atomic E-state index is -4.31. The van der Waals surface area contributed by atoms with Gasteiger partial charge in [0.1, 0.15) is 24.2 Å². The van der Waals surface area contributed by atoms with Gasteiger partial charge in [0.2, 0.25) is 11.8 Å². The molecule has 0 spiro atoms. The molecule has 0 saturated heterocycles. The van der Waals surface area contributed by atoms with Gasteiger partial charge in [0.25, 0.3) is 10.0 Å². The summed E-state index contributed by atoms with van der Waals surface area (Å²) in [5.41, 5.74) is 0.672. The molecule has 2 atom stereocenters. The Morgan fingerprint density at radius 1 is 0.952 bits per heavy atom. The fourth-order valence-electron chi connectivity index (χ4n) is 4.21. The van der Waals surface area contributed by atoms with Gasteiger partial charge in [0.05, 0.1) is 27.7 Å². The van der Waals surface area contributed by atoms with Gasteiger partial charge in [0, 0.05) is 12.6 Å². The van der Waals surface area contributed by atoms with E-state index in [1.807, 2.05) is 13.8 Å². The fourth-order valence-corrected chi connectivity index (χ4v) is 5.94. The number of hydrogen-bond donors (Lipinski definition) is 1. The maximum absolute atomic E-state index is 14.1. The zero-order valence-corrected chi connectivity index (χ0v) is 26.1. The molecule has 0 bridgehead atoms. The molecule has 42 heavy (non-hydrogen) atoms. The second-order valence-corrected chi connectivity index (χ2v) is 12.4. The number of anilines is 1. The number of nitrogens with zero attached hydrogens (tertiary/aromatic N) is 2. The first-order valence-corrected chi connectivity index (χ1v) is 15.6. The molecule has 226 valence electrons. The van der Waals surface area contributed by atoms with Gasteiger partial charge >= 0.3 is 0 Å². The van der Waals surface area contributed by atoms with Crippen LogP contribution in [0, 0.1) is 5.82 Å². The van der Waals surface area contributed by atoms with E-state index in [0.717, 1.165) is 16.4 Å². The molecule has 3 aromatic rings. The molecule has 0 fully saturated rings. The molecule has 0 heterocycles. The van der Waals surface area contributed by atoms with Gasteiger partial charge in [-0.05, 0) is 86.0 Å². The highest BCUT2D eigenvalue weighted by Gasteiger charge is 2.34. The summed E-state index contributed by atoms with van der Waals surface area (Å²) in [7, 11) is -2.86. The van der Waals surface area contributed by atoms with Crippen molar-refractivity contribution in [2.24, 2.45) is 0 Å². The van der Waals surface area contributed by atoms with Gasteiger partial charge < -0.3 is 15.0 Å². The summed E-state index contributed by atoms with van der Waals surface area (Å²) < 4.78 is 47.6. The van der Waals surface area contributed by atoms with E-state index in [1.54, 1.807) is 25.1 Å². The molecule has 0 radical (unpaired) electrons. The van der Waals surface area contributed by atoms with E-state index in [-0.39, 0.29) is 40.5 Å². The van der Waals surface area contributed by atoms with Gasteiger partial charge in [-0.2, -0.15) is 0 Å². The molecule has 0 aliphatic heterocycles. The molecule has 0 unspecified atom stereocenters. The zero-order valence-electron chi connectivity index (χ0n) is 23.8. The number of carbonyl (C=O) groups is 2. The molecule has 3 rings (SSSR count). The Hall–Kier alpha value is -3.34. The lowest BCUT2D eigenvalue weighted by Gasteiger charge is -2.33. The lowest BCUT2D eigenvalue weighted by molar-refractivity contribution is -0.140.